The number of amides is 2. The van der Waals surface area contributed by atoms with Crippen molar-refractivity contribution in [1.82, 2.24) is 19.6 Å². The molecule has 2 amide bonds. The highest BCUT2D eigenvalue weighted by Crippen LogP contribution is 2.20. The Morgan fingerprint density at radius 3 is 2.12 bits per heavy atom. The molecule has 1 aliphatic heterocycles. The molecule has 0 bridgehead atoms. The second kappa shape index (κ2) is 12.4. The van der Waals surface area contributed by atoms with Gasteiger partial charge in [-0.05, 0) is 64.1 Å². The number of nitrogens with zero attached hydrogens (tertiary/aromatic N) is 4. The van der Waals surface area contributed by atoms with E-state index in [1.807, 2.05) is 13.0 Å². The predicted octanol–water partition coefficient (Wildman–Crippen LogP) is 3.10. The summed E-state index contributed by atoms with van der Waals surface area (Å²) in [6.45, 7) is 9.25. The van der Waals surface area contributed by atoms with E-state index in [9.17, 15) is 18.0 Å². The van der Waals surface area contributed by atoms with Crippen LogP contribution in [0, 0.1) is 11.8 Å². The normalized spacial score (nSPS) is 13.7. The SMILES string of the molecule is CCOc1cncc(C#Cc2cncc(C(=O)N3CCN(c4ccc(C(=O)NS(=O)(=O)C(C)(C)C)cc4)CC3)c2)c1. The van der Waals surface area contributed by atoms with Crippen LogP contribution in [0.2, 0.25) is 0 Å². The summed E-state index contributed by atoms with van der Waals surface area (Å²) in [4.78, 5) is 37.9. The van der Waals surface area contributed by atoms with Crippen molar-refractivity contribution in [2.24, 2.45) is 0 Å². The molecule has 1 N–H and O–H groups in total. The Balaban J connectivity index is 1.35. The third kappa shape index (κ3) is 7.41. The average Bonchev–Trinajstić information content (AvgIpc) is 2.96. The van der Waals surface area contributed by atoms with Crippen LogP contribution in [0.15, 0.2) is 61.2 Å². The highest BCUT2D eigenvalue weighted by Gasteiger charge is 2.31. The van der Waals surface area contributed by atoms with Crippen LogP contribution in [0.4, 0.5) is 5.69 Å². The van der Waals surface area contributed by atoms with Crippen LogP contribution in [0.1, 0.15) is 59.5 Å². The summed E-state index contributed by atoms with van der Waals surface area (Å²) in [5.41, 5.74) is 2.92. The maximum Gasteiger partial charge on any atom is 0.264 e. The summed E-state index contributed by atoms with van der Waals surface area (Å²) in [6, 6.07) is 10.3. The zero-order chi connectivity index (χ0) is 29.6. The molecule has 11 heteroatoms. The number of carbonyl (C=O) groups is 2. The van der Waals surface area contributed by atoms with Crippen molar-refractivity contribution in [3.63, 3.8) is 0 Å². The number of benzene rings is 1. The fourth-order valence-corrected chi connectivity index (χ4v) is 4.68. The first kappa shape index (κ1) is 29.6. The van der Waals surface area contributed by atoms with Gasteiger partial charge in [0.05, 0.1) is 23.1 Å². The number of nitrogens with one attached hydrogen (secondary N) is 1. The van der Waals surface area contributed by atoms with Gasteiger partial charge >= 0.3 is 0 Å². The molecule has 1 aromatic carbocycles. The number of aromatic nitrogens is 2. The molecule has 0 spiro atoms. The van der Waals surface area contributed by atoms with Crippen LogP contribution in [-0.4, -0.2) is 72.6 Å². The molecule has 10 nitrogen and oxygen atoms in total. The molecule has 3 aromatic rings. The van der Waals surface area contributed by atoms with Crippen LogP contribution in [0.5, 0.6) is 5.75 Å². The third-order valence-corrected chi connectivity index (χ3v) is 8.52. The minimum absolute atomic E-state index is 0.118. The lowest BCUT2D eigenvalue weighted by Gasteiger charge is -2.36. The predicted molar refractivity (Wildman–Crippen MR) is 156 cm³/mol. The van der Waals surface area contributed by atoms with Gasteiger partial charge in [0, 0.05) is 67.1 Å². The first-order valence-electron chi connectivity index (χ1n) is 13.2. The van der Waals surface area contributed by atoms with Gasteiger partial charge in [-0.1, -0.05) is 11.8 Å². The van der Waals surface area contributed by atoms with E-state index in [-0.39, 0.29) is 11.5 Å². The molecule has 0 unspecified atom stereocenters. The fourth-order valence-electron chi connectivity index (χ4n) is 4.01. The van der Waals surface area contributed by atoms with Gasteiger partial charge < -0.3 is 14.5 Å². The van der Waals surface area contributed by atoms with Crippen LogP contribution in [0.25, 0.3) is 0 Å². The van der Waals surface area contributed by atoms with Crippen LogP contribution in [-0.2, 0) is 10.0 Å². The summed E-state index contributed by atoms with van der Waals surface area (Å²) in [6.07, 6.45) is 6.44. The van der Waals surface area contributed by atoms with Gasteiger partial charge in [0.2, 0.25) is 10.0 Å². The zero-order valence-electron chi connectivity index (χ0n) is 23.5. The monoisotopic (exact) mass is 575 g/mol. The lowest BCUT2D eigenvalue weighted by molar-refractivity contribution is 0.0746. The van der Waals surface area contributed by atoms with Gasteiger partial charge in [-0.15, -0.1) is 0 Å². The molecule has 1 fully saturated rings. The van der Waals surface area contributed by atoms with Gasteiger partial charge in [-0.2, -0.15) is 0 Å². The number of sulfonamides is 1. The maximum atomic E-state index is 13.2. The summed E-state index contributed by atoms with van der Waals surface area (Å²) in [5, 5.41) is 0. The van der Waals surface area contributed by atoms with Crippen LogP contribution < -0.4 is 14.4 Å². The lowest BCUT2D eigenvalue weighted by Crippen LogP contribution is -2.48. The highest BCUT2D eigenvalue weighted by molar-refractivity contribution is 7.91. The molecule has 1 aliphatic rings. The van der Waals surface area contributed by atoms with Crippen molar-refractivity contribution in [2.45, 2.75) is 32.4 Å². The maximum absolute atomic E-state index is 13.2. The Labute approximate surface area is 240 Å². The van der Waals surface area contributed by atoms with Crippen molar-refractivity contribution in [1.29, 1.82) is 0 Å². The summed E-state index contributed by atoms with van der Waals surface area (Å²) >= 11 is 0. The zero-order valence-corrected chi connectivity index (χ0v) is 24.4. The van der Waals surface area contributed by atoms with Crippen LogP contribution >= 0.6 is 0 Å². The summed E-state index contributed by atoms with van der Waals surface area (Å²) in [5.74, 6) is 5.94. The quantitative estimate of drug-likeness (QED) is 0.445. The Morgan fingerprint density at radius 2 is 1.51 bits per heavy atom. The van der Waals surface area contributed by atoms with Gasteiger partial charge in [-0.3, -0.25) is 19.6 Å². The number of ether oxygens (including phenoxy) is 1. The standard InChI is InChI=1S/C30H33N5O5S/c1-5-40-27-17-23(19-32-21-27)7-6-22-16-25(20-31-18-22)29(37)35-14-12-34(13-15-35)26-10-8-24(9-11-26)28(36)33-41(38,39)30(2,3)4/h8-11,16-21H,5,12-15H2,1-4H3,(H,33,36). The van der Waals surface area contributed by atoms with Crippen molar-refractivity contribution in [3.05, 3.63) is 83.4 Å². The van der Waals surface area contributed by atoms with Gasteiger partial charge in [0.25, 0.3) is 11.8 Å². The summed E-state index contributed by atoms with van der Waals surface area (Å²) < 4.78 is 31.1. The van der Waals surface area contributed by atoms with Crippen molar-refractivity contribution >= 4 is 27.5 Å². The Bertz CT molecular complexity index is 1580. The molecule has 3 heterocycles. The molecule has 41 heavy (non-hydrogen) atoms. The second-order valence-electron chi connectivity index (χ2n) is 10.4. The minimum Gasteiger partial charge on any atom is -0.492 e. The van der Waals surface area contributed by atoms with Gasteiger partial charge in [-0.25, -0.2) is 13.1 Å². The molecule has 214 valence electrons. The van der Waals surface area contributed by atoms with Gasteiger partial charge in [0.15, 0.2) is 0 Å². The Hall–Kier alpha value is -4.43. The average molecular weight is 576 g/mol. The van der Waals surface area contributed by atoms with Crippen molar-refractivity contribution in [2.75, 3.05) is 37.7 Å². The van der Waals surface area contributed by atoms with E-state index in [0.717, 1.165) is 5.69 Å². The molecule has 2 aromatic heterocycles. The van der Waals surface area contributed by atoms with E-state index in [1.165, 1.54) is 20.8 Å². The number of rotatable bonds is 6. The van der Waals surface area contributed by atoms with E-state index in [4.69, 9.17) is 4.74 Å². The molecule has 1 saturated heterocycles. The smallest absolute Gasteiger partial charge is 0.264 e. The van der Waals surface area contributed by atoms with Gasteiger partial charge in [0.1, 0.15) is 5.75 Å². The lowest BCUT2D eigenvalue weighted by atomic mass is 10.1. The van der Waals surface area contributed by atoms with E-state index in [1.54, 1.807) is 60.0 Å². The molecule has 0 aliphatic carbocycles. The molecular formula is C30H33N5O5S. The Kier molecular flexibility index (Phi) is 8.93. The number of hydrogen-bond acceptors (Lipinski definition) is 8. The molecule has 4 rings (SSSR count). The van der Waals surface area contributed by atoms with E-state index < -0.39 is 20.7 Å². The number of carbonyl (C=O) groups excluding carboxylic acids is 2. The number of anilines is 1. The van der Waals surface area contributed by atoms with E-state index >= 15 is 0 Å². The number of pyridine rings is 2. The molecule has 0 radical (unpaired) electrons. The number of hydrogen-bond donors (Lipinski definition) is 1. The minimum atomic E-state index is -3.80. The third-order valence-electron chi connectivity index (χ3n) is 6.46. The summed E-state index contributed by atoms with van der Waals surface area (Å²) in [7, 11) is -3.80. The topological polar surface area (TPSA) is 122 Å². The molecule has 0 saturated carbocycles. The highest BCUT2D eigenvalue weighted by atomic mass is 32.2. The molecule has 0 atom stereocenters. The second-order valence-corrected chi connectivity index (χ2v) is 12.9. The largest absolute Gasteiger partial charge is 0.492 e. The van der Waals surface area contributed by atoms with Crippen molar-refractivity contribution < 1.29 is 22.7 Å². The van der Waals surface area contributed by atoms with Crippen molar-refractivity contribution in [3.8, 4) is 17.6 Å². The first-order valence-corrected chi connectivity index (χ1v) is 14.7. The van der Waals surface area contributed by atoms with E-state index in [0.29, 0.717) is 55.2 Å². The molecular weight excluding hydrogens is 542 g/mol. The van der Waals surface area contributed by atoms with Crippen LogP contribution in [0.3, 0.4) is 0 Å². The fraction of sp³-hybridized carbons (Fsp3) is 0.333. The first-order chi connectivity index (χ1) is 19.5. The van der Waals surface area contributed by atoms with E-state index in [2.05, 4.69) is 31.4 Å². The Morgan fingerprint density at radius 1 is 0.902 bits per heavy atom. The number of piperazine rings is 1.